The van der Waals surface area contributed by atoms with Gasteiger partial charge in [-0.2, -0.15) is 0 Å². The Labute approximate surface area is 112 Å². The van der Waals surface area contributed by atoms with E-state index in [2.05, 4.69) is 10.1 Å². The molecule has 2 rings (SSSR count). The molecule has 8 heteroatoms. The van der Waals surface area contributed by atoms with Crippen LogP contribution in [-0.4, -0.2) is 27.3 Å². The van der Waals surface area contributed by atoms with Gasteiger partial charge in [-0.3, -0.25) is 0 Å². The molecule has 106 valence electrons. The number of carbonyl (C=O) groups is 1. The molecule has 0 aliphatic rings. The van der Waals surface area contributed by atoms with Crippen LogP contribution in [0.2, 0.25) is 0 Å². The molecule has 0 radical (unpaired) electrons. The van der Waals surface area contributed by atoms with E-state index in [1.807, 2.05) is 0 Å². The van der Waals surface area contributed by atoms with Gasteiger partial charge in [0.25, 0.3) is 5.82 Å². The fourth-order valence-corrected chi connectivity index (χ4v) is 1.60. The standard InChI is InChI=1S/C12H10F3N3O2/c1-3-20-12(19)10-16-11(18(2)17-10)6-4-7(13)9(15)8(14)5-6/h4-5H,3H2,1-2H3. The van der Waals surface area contributed by atoms with E-state index in [9.17, 15) is 18.0 Å². The lowest BCUT2D eigenvalue weighted by molar-refractivity contribution is 0.0512. The van der Waals surface area contributed by atoms with Crippen molar-refractivity contribution in [3.8, 4) is 11.4 Å². The van der Waals surface area contributed by atoms with E-state index >= 15 is 0 Å². The van der Waals surface area contributed by atoms with Crippen LogP contribution in [0.3, 0.4) is 0 Å². The van der Waals surface area contributed by atoms with Gasteiger partial charge in [-0.15, -0.1) is 5.10 Å². The molecule has 0 atom stereocenters. The molecule has 5 nitrogen and oxygen atoms in total. The van der Waals surface area contributed by atoms with Gasteiger partial charge < -0.3 is 4.74 Å². The summed E-state index contributed by atoms with van der Waals surface area (Å²) in [4.78, 5) is 15.3. The van der Waals surface area contributed by atoms with Crippen molar-refractivity contribution in [3.05, 3.63) is 35.4 Å². The van der Waals surface area contributed by atoms with Gasteiger partial charge in [0, 0.05) is 12.6 Å². The maximum absolute atomic E-state index is 13.2. The number of aryl methyl sites for hydroxylation is 1. The number of benzene rings is 1. The lowest BCUT2D eigenvalue weighted by Crippen LogP contribution is -2.07. The maximum atomic E-state index is 13.2. The predicted octanol–water partition coefficient (Wildman–Crippen LogP) is 2.08. The van der Waals surface area contributed by atoms with Crippen molar-refractivity contribution in [1.82, 2.24) is 14.8 Å². The van der Waals surface area contributed by atoms with E-state index in [4.69, 9.17) is 4.74 Å². The Morgan fingerprint density at radius 1 is 1.30 bits per heavy atom. The molecular formula is C12H10F3N3O2. The SMILES string of the molecule is CCOC(=O)c1nc(-c2cc(F)c(F)c(F)c2)n(C)n1. The van der Waals surface area contributed by atoms with Crippen LogP contribution in [0, 0.1) is 17.5 Å². The average molecular weight is 285 g/mol. The molecule has 0 unspecified atom stereocenters. The molecule has 1 aromatic carbocycles. The van der Waals surface area contributed by atoms with Gasteiger partial charge in [0.1, 0.15) is 0 Å². The van der Waals surface area contributed by atoms with Crippen LogP contribution in [0.25, 0.3) is 11.4 Å². The van der Waals surface area contributed by atoms with Crippen molar-refractivity contribution in [1.29, 1.82) is 0 Å². The van der Waals surface area contributed by atoms with Crippen LogP contribution in [0.1, 0.15) is 17.5 Å². The third-order valence-electron chi connectivity index (χ3n) is 2.46. The molecule has 0 N–H and O–H groups in total. The van der Waals surface area contributed by atoms with E-state index in [-0.39, 0.29) is 23.8 Å². The summed E-state index contributed by atoms with van der Waals surface area (Å²) in [7, 11) is 1.43. The summed E-state index contributed by atoms with van der Waals surface area (Å²) in [6.07, 6.45) is 0. The second-order valence-electron chi connectivity index (χ2n) is 3.86. The summed E-state index contributed by atoms with van der Waals surface area (Å²) in [6, 6.07) is 1.55. The van der Waals surface area contributed by atoms with Crippen LogP contribution >= 0.6 is 0 Å². The molecule has 0 spiro atoms. The number of esters is 1. The van der Waals surface area contributed by atoms with Gasteiger partial charge in [0.15, 0.2) is 23.3 Å². The monoisotopic (exact) mass is 285 g/mol. The minimum Gasteiger partial charge on any atom is -0.460 e. The molecule has 0 bridgehead atoms. The van der Waals surface area contributed by atoms with Gasteiger partial charge in [0.2, 0.25) is 0 Å². The number of hydrogen-bond donors (Lipinski definition) is 0. The first-order valence-corrected chi connectivity index (χ1v) is 5.67. The molecule has 20 heavy (non-hydrogen) atoms. The van der Waals surface area contributed by atoms with E-state index in [0.29, 0.717) is 0 Å². The largest absolute Gasteiger partial charge is 0.460 e. The summed E-state index contributed by atoms with van der Waals surface area (Å²) >= 11 is 0. The number of hydrogen-bond acceptors (Lipinski definition) is 4. The first-order chi connectivity index (χ1) is 9.43. The zero-order chi connectivity index (χ0) is 14.9. The number of aromatic nitrogens is 3. The van der Waals surface area contributed by atoms with Crippen LogP contribution in [0.15, 0.2) is 12.1 Å². The second kappa shape index (κ2) is 5.32. The molecule has 0 aliphatic carbocycles. The van der Waals surface area contributed by atoms with Gasteiger partial charge in [-0.05, 0) is 19.1 Å². The van der Waals surface area contributed by atoms with Crippen molar-refractivity contribution in [2.24, 2.45) is 7.05 Å². The quantitative estimate of drug-likeness (QED) is 0.640. The molecule has 1 heterocycles. The summed E-state index contributed by atoms with van der Waals surface area (Å²) in [5.74, 6) is -5.24. The highest BCUT2D eigenvalue weighted by atomic mass is 19.2. The molecular weight excluding hydrogens is 275 g/mol. The van der Waals surface area contributed by atoms with E-state index in [0.717, 1.165) is 16.8 Å². The third-order valence-corrected chi connectivity index (χ3v) is 2.46. The smallest absolute Gasteiger partial charge is 0.378 e. The van der Waals surface area contributed by atoms with Gasteiger partial charge in [-0.25, -0.2) is 27.6 Å². The van der Waals surface area contributed by atoms with Crippen LogP contribution < -0.4 is 0 Å². The molecule has 1 aromatic heterocycles. The summed E-state index contributed by atoms with van der Waals surface area (Å²) in [5.41, 5.74) is -0.0352. The molecule has 2 aromatic rings. The Balaban J connectivity index is 2.46. The maximum Gasteiger partial charge on any atom is 0.378 e. The highest BCUT2D eigenvalue weighted by Crippen LogP contribution is 2.22. The van der Waals surface area contributed by atoms with Crippen LogP contribution in [-0.2, 0) is 11.8 Å². The summed E-state index contributed by atoms with van der Waals surface area (Å²) < 4.78 is 45.1. The Morgan fingerprint density at radius 2 is 1.90 bits per heavy atom. The third kappa shape index (κ3) is 2.49. The number of ether oxygens (including phenoxy) is 1. The number of rotatable bonds is 3. The normalized spacial score (nSPS) is 10.7. The van der Waals surface area contributed by atoms with E-state index in [1.54, 1.807) is 6.92 Å². The zero-order valence-electron chi connectivity index (χ0n) is 10.7. The average Bonchev–Trinajstić information content (AvgIpc) is 2.78. The van der Waals surface area contributed by atoms with Gasteiger partial charge in [0.05, 0.1) is 6.61 Å². The fraction of sp³-hybridized carbons (Fsp3) is 0.250. The van der Waals surface area contributed by atoms with Crippen LogP contribution in [0.5, 0.6) is 0 Å². The van der Waals surface area contributed by atoms with Crippen molar-refractivity contribution in [2.75, 3.05) is 6.61 Å². The first-order valence-electron chi connectivity index (χ1n) is 5.67. The summed E-state index contributed by atoms with van der Waals surface area (Å²) in [5, 5.41) is 3.78. The Hall–Kier alpha value is -2.38. The van der Waals surface area contributed by atoms with Gasteiger partial charge in [-0.1, -0.05) is 0 Å². The van der Waals surface area contributed by atoms with Crippen LogP contribution in [0.4, 0.5) is 13.2 Å². The lowest BCUT2D eigenvalue weighted by Gasteiger charge is -2.02. The molecule has 0 saturated carbocycles. The number of nitrogens with zero attached hydrogens (tertiary/aromatic N) is 3. The minimum atomic E-state index is -1.57. The lowest BCUT2D eigenvalue weighted by atomic mass is 10.2. The second-order valence-corrected chi connectivity index (χ2v) is 3.86. The summed E-state index contributed by atoms with van der Waals surface area (Å²) in [6.45, 7) is 1.76. The van der Waals surface area contributed by atoms with Gasteiger partial charge >= 0.3 is 5.97 Å². The Kier molecular flexibility index (Phi) is 3.73. The Bertz CT molecular complexity index is 647. The van der Waals surface area contributed by atoms with E-state index < -0.39 is 23.4 Å². The van der Waals surface area contributed by atoms with Crippen molar-refractivity contribution in [2.45, 2.75) is 6.92 Å². The molecule has 0 amide bonds. The number of carbonyl (C=O) groups excluding carboxylic acids is 1. The van der Waals surface area contributed by atoms with Crippen molar-refractivity contribution >= 4 is 5.97 Å². The van der Waals surface area contributed by atoms with Crippen molar-refractivity contribution < 1.29 is 22.7 Å². The molecule has 0 saturated heterocycles. The highest BCUT2D eigenvalue weighted by Gasteiger charge is 2.19. The Morgan fingerprint density at radius 3 is 2.45 bits per heavy atom. The topological polar surface area (TPSA) is 57.0 Å². The predicted molar refractivity (Wildman–Crippen MR) is 62.3 cm³/mol. The van der Waals surface area contributed by atoms with Crippen molar-refractivity contribution in [3.63, 3.8) is 0 Å². The fourth-order valence-electron chi connectivity index (χ4n) is 1.60. The minimum absolute atomic E-state index is 0.0193. The number of halogens is 3. The molecule has 0 aliphatic heterocycles. The zero-order valence-corrected chi connectivity index (χ0v) is 10.7. The highest BCUT2D eigenvalue weighted by molar-refractivity contribution is 5.85. The molecule has 0 fully saturated rings. The van der Waals surface area contributed by atoms with E-state index in [1.165, 1.54) is 7.05 Å². The first kappa shape index (κ1) is 14.0.